The van der Waals surface area contributed by atoms with Crippen LogP contribution in [0.4, 0.5) is 5.69 Å². The molecule has 0 fully saturated rings. The van der Waals surface area contributed by atoms with Crippen LogP contribution < -0.4 is 9.62 Å². The minimum atomic E-state index is -3.66. The number of sulfonamides is 1. The Morgan fingerprint density at radius 2 is 1.63 bits per heavy atom. The Balaban J connectivity index is 1.93. The third-order valence-electron chi connectivity index (χ3n) is 7.20. The highest BCUT2D eigenvalue weighted by molar-refractivity contribution is 7.92. The zero-order chi connectivity index (χ0) is 31.7. The molecule has 1 N–H and O–H groups in total. The highest BCUT2D eigenvalue weighted by atomic mass is 35.5. The van der Waals surface area contributed by atoms with E-state index in [0.717, 1.165) is 23.8 Å². The molecule has 43 heavy (non-hydrogen) atoms. The van der Waals surface area contributed by atoms with Crippen molar-refractivity contribution in [2.75, 3.05) is 17.1 Å². The number of carbonyl (C=O) groups is 2. The van der Waals surface area contributed by atoms with Crippen LogP contribution in [0.15, 0.2) is 66.7 Å². The average molecular weight is 667 g/mol. The molecule has 3 aromatic carbocycles. The van der Waals surface area contributed by atoms with Gasteiger partial charge in [0.15, 0.2) is 0 Å². The van der Waals surface area contributed by atoms with Crippen LogP contribution in [0, 0.1) is 6.92 Å². The minimum Gasteiger partial charge on any atom is -0.352 e. The zero-order valence-electron chi connectivity index (χ0n) is 24.8. The zero-order valence-corrected chi connectivity index (χ0v) is 27.9. The van der Waals surface area contributed by atoms with Gasteiger partial charge in [-0.25, -0.2) is 8.42 Å². The van der Waals surface area contributed by atoms with Gasteiger partial charge in [0.1, 0.15) is 6.04 Å². The molecule has 0 aliphatic heterocycles. The van der Waals surface area contributed by atoms with Crippen LogP contribution in [-0.2, 0) is 32.6 Å². The van der Waals surface area contributed by atoms with Crippen molar-refractivity contribution in [1.29, 1.82) is 0 Å². The van der Waals surface area contributed by atoms with Crippen molar-refractivity contribution in [3.05, 3.63) is 98.5 Å². The van der Waals surface area contributed by atoms with Crippen LogP contribution in [0.1, 0.15) is 49.8 Å². The van der Waals surface area contributed by atoms with E-state index >= 15 is 0 Å². The fourth-order valence-corrected chi connectivity index (χ4v) is 6.17. The number of amides is 2. The second-order valence-electron chi connectivity index (χ2n) is 10.7. The van der Waals surface area contributed by atoms with Gasteiger partial charge in [0.05, 0.1) is 22.0 Å². The van der Waals surface area contributed by atoms with Crippen LogP contribution in [0.5, 0.6) is 0 Å². The van der Waals surface area contributed by atoms with Gasteiger partial charge in [-0.05, 0) is 67.6 Å². The Kier molecular flexibility index (Phi) is 12.8. The standard InChI is InChI=1S/C32H38Cl3N3O4S/c1-5-23(3)36-32(40)30(19-24-10-7-6-8-11-24)37(21-25-14-16-27(34)28(35)18-25)31(39)12-9-17-38(43(4,41)42)29-20-26(33)15-13-22(29)2/h6-8,10-11,13-16,18,20,23,30H,5,9,12,17,19,21H2,1-4H3,(H,36,40)/t23-,30+/m0/s1. The van der Waals surface area contributed by atoms with E-state index in [0.29, 0.717) is 32.7 Å². The first kappa shape index (κ1) is 34.7. The van der Waals surface area contributed by atoms with Gasteiger partial charge in [-0.2, -0.15) is 0 Å². The smallest absolute Gasteiger partial charge is 0.243 e. The summed E-state index contributed by atoms with van der Waals surface area (Å²) >= 11 is 18.6. The van der Waals surface area contributed by atoms with Gasteiger partial charge in [-0.1, -0.05) is 84.2 Å². The molecule has 0 saturated heterocycles. The molecule has 0 saturated carbocycles. The van der Waals surface area contributed by atoms with E-state index in [4.69, 9.17) is 34.8 Å². The lowest BCUT2D eigenvalue weighted by Crippen LogP contribution is -2.52. The number of nitrogens with one attached hydrogen (secondary N) is 1. The quantitative estimate of drug-likeness (QED) is 0.200. The van der Waals surface area contributed by atoms with Crippen LogP contribution in [-0.4, -0.2) is 50.0 Å². The molecule has 0 spiro atoms. The van der Waals surface area contributed by atoms with Crippen LogP contribution in [0.2, 0.25) is 15.1 Å². The van der Waals surface area contributed by atoms with E-state index in [2.05, 4.69) is 5.32 Å². The average Bonchev–Trinajstić information content (AvgIpc) is 2.96. The molecule has 3 aromatic rings. The molecule has 232 valence electrons. The molecule has 0 heterocycles. The number of hydrogen-bond acceptors (Lipinski definition) is 4. The van der Waals surface area contributed by atoms with Crippen LogP contribution in [0.3, 0.4) is 0 Å². The van der Waals surface area contributed by atoms with Gasteiger partial charge in [0.25, 0.3) is 0 Å². The van der Waals surface area contributed by atoms with Crippen molar-refractivity contribution >= 4 is 62.3 Å². The summed E-state index contributed by atoms with van der Waals surface area (Å²) in [4.78, 5) is 29.2. The van der Waals surface area contributed by atoms with E-state index in [1.807, 2.05) is 44.2 Å². The Morgan fingerprint density at radius 1 is 0.930 bits per heavy atom. The van der Waals surface area contributed by atoms with Gasteiger partial charge in [0.2, 0.25) is 21.8 Å². The Bertz CT molecular complexity index is 1520. The largest absolute Gasteiger partial charge is 0.352 e. The van der Waals surface area contributed by atoms with Crippen LogP contribution >= 0.6 is 34.8 Å². The summed E-state index contributed by atoms with van der Waals surface area (Å²) in [6, 6.07) is 18.8. The normalized spacial score (nSPS) is 12.8. The summed E-state index contributed by atoms with van der Waals surface area (Å²) in [5.74, 6) is -0.554. The highest BCUT2D eigenvalue weighted by Crippen LogP contribution is 2.28. The Labute approximate surface area is 270 Å². The first-order valence-electron chi connectivity index (χ1n) is 14.1. The van der Waals surface area contributed by atoms with E-state index in [-0.39, 0.29) is 43.8 Å². The van der Waals surface area contributed by atoms with Crippen molar-refractivity contribution in [1.82, 2.24) is 10.2 Å². The molecule has 7 nitrogen and oxygen atoms in total. The number of anilines is 1. The molecule has 0 aromatic heterocycles. The van der Waals surface area contributed by atoms with Crippen molar-refractivity contribution in [3.8, 4) is 0 Å². The van der Waals surface area contributed by atoms with Gasteiger partial charge in [-0.15, -0.1) is 0 Å². The number of aryl methyl sites for hydroxylation is 1. The molecule has 0 aliphatic rings. The van der Waals surface area contributed by atoms with E-state index in [9.17, 15) is 18.0 Å². The van der Waals surface area contributed by atoms with E-state index < -0.39 is 16.1 Å². The maximum atomic E-state index is 14.0. The lowest BCUT2D eigenvalue weighted by atomic mass is 10.0. The first-order chi connectivity index (χ1) is 20.3. The lowest BCUT2D eigenvalue weighted by molar-refractivity contribution is -0.141. The summed E-state index contributed by atoms with van der Waals surface area (Å²) in [6.07, 6.45) is 2.39. The molecule has 0 unspecified atom stereocenters. The predicted molar refractivity (Wildman–Crippen MR) is 176 cm³/mol. The van der Waals surface area contributed by atoms with Crippen LogP contribution in [0.25, 0.3) is 0 Å². The maximum absolute atomic E-state index is 14.0. The fourth-order valence-electron chi connectivity index (χ4n) is 4.66. The maximum Gasteiger partial charge on any atom is 0.243 e. The molecular formula is C32H38Cl3N3O4S. The third kappa shape index (κ3) is 10.1. The van der Waals surface area contributed by atoms with Crippen molar-refractivity contribution in [2.45, 2.75) is 65.1 Å². The molecule has 0 aliphatic carbocycles. The van der Waals surface area contributed by atoms with Gasteiger partial charge >= 0.3 is 0 Å². The Morgan fingerprint density at radius 3 is 2.26 bits per heavy atom. The Hall–Kier alpha value is -2.78. The molecule has 2 amide bonds. The van der Waals surface area contributed by atoms with Crippen molar-refractivity contribution < 1.29 is 18.0 Å². The van der Waals surface area contributed by atoms with Gasteiger partial charge in [-0.3, -0.25) is 13.9 Å². The number of nitrogens with zero attached hydrogens (tertiary/aromatic N) is 2. The van der Waals surface area contributed by atoms with Crippen molar-refractivity contribution in [3.63, 3.8) is 0 Å². The van der Waals surface area contributed by atoms with Crippen molar-refractivity contribution in [2.24, 2.45) is 0 Å². The molecule has 3 rings (SSSR count). The first-order valence-corrected chi connectivity index (χ1v) is 17.1. The van der Waals surface area contributed by atoms with Gasteiger partial charge < -0.3 is 10.2 Å². The predicted octanol–water partition coefficient (Wildman–Crippen LogP) is 7.06. The number of rotatable bonds is 14. The molecule has 2 atom stereocenters. The number of carbonyl (C=O) groups excluding carboxylic acids is 2. The fraction of sp³-hybridized carbons (Fsp3) is 0.375. The number of benzene rings is 3. The van der Waals surface area contributed by atoms with E-state index in [1.165, 1.54) is 4.31 Å². The molecule has 0 bridgehead atoms. The number of halogens is 3. The second kappa shape index (κ2) is 15.8. The monoisotopic (exact) mass is 665 g/mol. The summed E-state index contributed by atoms with van der Waals surface area (Å²) in [7, 11) is -3.66. The lowest BCUT2D eigenvalue weighted by Gasteiger charge is -2.33. The summed E-state index contributed by atoms with van der Waals surface area (Å²) in [5, 5.41) is 4.18. The summed E-state index contributed by atoms with van der Waals surface area (Å²) in [5.41, 5.74) is 2.82. The molecule has 0 radical (unpaired) electrons. The SMILES string of the molecule is CC[C@H](C)NC(=O)[C@@H](Cc1ccccc1)N(Cc1ccc(Cl)c(Cl)c1)C(=O)CCCN(c1cc(Cl)ccc1C)S(C)(=O)=O. The van der Waals surface area contributed by atoms with Gasteiger partial charge in [0, 0.05) is 37.0 Å². The topological polar surface area (TPSA) is 86.8 Å². The minimum absolute atomic E-state index is 0.00879. The third-order valence-corrected chi connectivity index (χ3v) is 9.36. The summed E-state index contributed by atoms with van der Waals surface area (Å²) < 4.78 is 26.8. The summed E-state index contributed by atoms with van der Waals surface area (Å²) in [6.45, 7) is 5.88. The second-order valence-corrected chi connectivity index (χ2v) is 13.8. The number of hydrogen-bond donors (Lipinski definition) is 1. The molecular weight excluding hydrogens is 629 g/mol. The highest BCUT2D eigenvalue weighted by Gasteiger charge is 2.31. The van der Waals surface area contributed by atoms with E-state index in [1.54, 1.807) is 48.2 Å². The molecule has 11 heteroatoms.